The number of amides is 1. The van der Waals surface area contributed by atoms with E-state index in [2.05, 4.69) is 21.3 Å². The van der Waals surface area contributed by atoms with E-state index in [0.29, 0.717) is 22.7 Å². The monoisotopic (exact) mass is 370 g/mol. The van der Waals surface area contributed by atoms with E-state index in [-0.39, 0.29) is 5.91 Å². The predicted molar refractivity (Wildman–Crippen MR) is 105 cm³/mol. The number of carbonyl (C=O) groups is 1. The van der Waals surface area contributed by atoms with E-state index in [4.69, 9.17) is 9.47 Å². The van der Waals surface area contributed by atoms with Crippen LogP contribution < -0.4 is 14.8 Å². The van der Waals surface area contributed by atoms with Gasteiger partial charge in [0.2, 0.25) is 0 Å². The molecule has 2 heterocycles. The average molecular weight is 370 g/mol. The molecule has 0 fully saturated rings. The molecule has 136 valence electrons. The van der Waals surface area contributed by atoms with Crippen molar-refractivity contribution in [1.82, 2.24) is 4.57 Å². The van der Waals surface area contributed by atoms with Crippen molar-refractivity contribution < 1.29 is 14.3 Å². The number of ether oxygens (including phenoxy) is 2. The van der Waals surface area contributed by atoms with E-state index in [9.17, 15) is 4.79 Å². The summed E-state index contributed by atoms with van der Waals surface area (Å²) in [6.45, 7) is 4.77. The number of rotatable bonds is 6. The number of aryl methyl sites for hydroxylation is 1. The van der Waals surface area contributed by atoms with Gasteiger partial charge in [0.25, 0.3) is 5.91 Å². The smallest absolute Gasteiger partial charge is 0.257 e. The van der Waals surface area contributed by atoms with E-state index >= 15 is 0 Å². The number of nitrogens with zero attached hydrogens (tertiary/aromatic N) is 1. The average Bonchev–Trinajstić information content (AvgIpc) is 3.25. The van der Waals surface area contributed by atoms with Gasteiger partial charge in [0.1, 0.15) is 0 Å². The second kappa shape index (κ2) is 7.66. The van der Waals surface area contributed by atoms with Gasteiger partial charge >= 0.3 is 0 Å². The second-order valence-corrected chi connectivity index (χ2v) is 7.01. The Hall–Kier alpha value is -2.73. The lowest BCUT2D eigenvalue weighted by Crippen LogP contribution is -2.13. The van der Waals surface area contributed by atoms with Crippen LogP contribution in [0.5, 0.6) is 11.5 Å². The Kier molecular flexibility index (Phi) is 5.32. The van der Waals surface area contributed by atoms with Crippen LogP contribution >= 0.6 is 11.3 Å². The molecule has 0 saturated carbocycles. The van der Waals surface area contributed by atoms with Gasteiger partial charge < -0.3 is 19.4 Å². The van der Waals surface area contributed by atoms with E-state index < -0.39 is 0 Å². The van der Waals surface area contributed by atoms with Gasteiger partial charge in [0.15, 0.2) is 11.5 Å². The molecule has 0 radical (unpaired) electrons. The first-order valence-electron chi connectivity index (χ1n) is 8.26. The third kappa shape index (κ3) is 3.60. The molecule has 0 aliphatic carbocycles. The standard InChI is InChI=1S/C20H22N2O3S/c1-13-10-17(14(2)22(13)12-16-6-5-9-26-16)20(23)21-15-7-8-18(24-3)19(11-15)25-4/h5-11H,12H2,1-4H3,(H,21,23). The maximum absolute atomic E-state index is 12.8. The zero-order valence-electron chi connectivity index (χ0n) is 15.3. The van der Waals surface area contributed by atoms with E-state index in [1.165, 1.54) is 4.88 Å². The number of nitrogens with one attached hydrogen (secondary N) is 1. The zero-order chi connectivity index (χ0) is 18.7. The summed E-state index contributed by atoms with van der Waals surface area (Å²) in [7, 11) is 3.15. The van der Waals surface area contributed by atoms with Gasteiger partial charge in [0, 0.05) is 28.0 Å². The Bertz CT molecular complexity index is 914. The second-order valence-electron chi connectivity index (χ2n) is 5.97. The number of aromatic nitrogens is 1. The molecule has 1 aromatic carbocycles. The number of anilines is 1. The highest BCUT2D eigenvalue weighted by Crippen LogP contribution is 2.30. The van der Waals surface area contributed by atoms with Crippen LogP contribution in [0.1, 0.15) is 26.6 Å². The van der Waals surface area contributed by atoms with Gasteiger partial charge in [-0.25, -0.2) is 0 Å². The molecule has 6 heteroatoms. The van der Waals surface area contributed by atoms with E-state index in [1.807, 2.05) is 26.0 Å². The maximum atomic E-state index is 12.8. The summed E-state index contributed by atoms with van der Waals surface area (Å²) >= 11 is 1.72. The SMILES string of the molecule is COc1ccc(NC(=O)c2cc(C)n(Cc3cccs3)c2C)cc1OC. The minimum absolute atomic E-state index is 0.136. The predicted octanol–water partition coefficient (Wildman–Crippen LogP) is 4.48. The van der Waals surface area contributed by atoms with Crippen molar-refractivity contribution >= 4 is 22.9 Å². The van der Waals surface area contributed by atoms with Crippen molar-refractivity contribution in [1.29, 1.82) is 0 Å². The van der Waals surface area contributed by atoms with Crippen molar-refractivity contribution in [3.8, 4) is 11.5 Å². The summed E-state index contributed by atoms with van der Waals surface area (Å²) in [5.74, 6) is 1.07. The third-order valence-electron chi connectivity index (χ3n) is 4.35. The molecule has 1 amide bonds. The first kappa shape index (κ1) is 18.1. The molecule has 0 atom stereocenters. The fourth-order valence-electron chi connectivity index (χ4n) is 2.95. The van der Waals surface area contributed by atoms with Crippen LogP contribution in [-0.4, -0.2) is 24.7 Å². The number of hydrogen-bond acceptors (Lipinski definition) is 4. The molecule has 0 unspecified atom stereocenters. The van der Waals surface area contributed by atoms with Crippen LogP contribution in [-0.2, 0) is 6.54 Å². The Morgan fingerprint density at radius 3 is 2.54 bits per heavy atom. The number of methoxy groups -OCH3 is 2. The fourth-order valence-corrected chi connectivity index (χ4v) is 3.64. The largest absolute Gasteiger partial charge is 0.493 e. The number of hydrogen-bond donors (Lipinski definition) is 1. The lowest BCUT2D eigenvalue weighted by atomic mass is 10.2. The van der Waals surface area contributed by atoms with Crippen molar-refractivity contribution in [2.75, 3.05) is 19.5 Å². The molecule has 5 nitrogen and oxygen atoms in total. The van der Waals surface area contributed by atoms with Gasteiger partial charge in [-0.05, 0) is 43.5 Å². The molecule has 0 spiro atoms. The highest BCUT2D eigenvalue weighted by atomic mass is 32.1. The fraction of sp³-hybridized carbons (Fsp3) is 0.250. The van der Waals surface area contributed by atoms with Gasteiger partial charge in [-0.2, -0.15) is 0 Å². The highest BCUT2D eigenvalue weighted by molar-refractivity contribution is 7.09. The third-order valence-corrected chi connectivity index (χ3v) is 5.21. The topological polar surface area (TPSA) is 52.5 Å². The molecule has 0 aliphatic heterocycles. The molecule has 0 aliphatic rings. The molecule has 2 aromatic heterocycles. The van der Waals surface area contributed by atoms with Crippen LogP contribution in [0.2, 0.25) is 0 Å². The molecule has 3 rings (SSSR count). The van der Waals surface area contributed by atoms with Crippen molar-refractivity contribution in [3.63, 3.8) is 0 Å². The minimum Gasteiger partial charge on any atom is -0.493 e. The summed E-state index contributed by atoms with van der Waals surface area (Å²) in [6, 6.07) is 11.4. The van der Waals surface area contributed by atoms with Crippen LogP contribution in [0.25, 0.3) is 0 Å². The molecule has 26 heavy (non-hydrogen) atoms. The first-order chi connectivity index (χ1) is 12.5. The summed E-state index contributed by atoms with van der Waals surface area (Å²) in [5, 5.41) is 5.00. The van der Waals surface area contributed by atoms with Crippen LogP contribution in [0, 0.1) is 13.8 Å². The summed E-state index contributed by atoms with van der Waals surface area (Å²) in [4.78, 5) is 14.0. The minimum atomic E-state index is -0.136. The normalized spacial score (nSPS) is 10.6. The maximum Gasteiger partial charge on any atom is 0.257 e. The quantitative estimate of drug-likeness (QED) is 0.696. The Morgan fingerprint density at radius 1 is 1.12 bits per heavy atom. The van der Waals surface area contributed by atoms with Crippen molar-refractivity contribution in [3.05, 3.63) is 63.6 Å². The molecular weight excluding hydrogens is 348 g/mol. The van der Waals surface area contributed by atoms with Gasteiger partial charge in [0.05, 0.1) is 26.3 Å². The lowest BCUT2D eigenvalue weighted by molar-refractivity contribution is 0.102. The Balaban J connectivity index is 1.82. The molecular formula is C20H22N2O3S. The van der Waals surface area contributed by atoms with Gasteiger partial charge in [-0.3, -0.25) is 4.79 Å². The van der Waals surface area contributed by atoms with E-state index in [0.717, 1.165) is 17.9 Å². The van der Waals surface area contributed by atoms with Gasteiger partial charge in [-0.1, -0.05) is 6.07 Å². The van der Waals surface area contributed by atoms with E-state index in [1.54, 1.807) is 43.8 Å². The zero-order valence-corrected chi connectivity index (χ0v) is 16.1. The lowest BCUT2D eigenvalue weighted by Gasteiger charge is -2.11. The Labute approximate surface area is 157 Å². The number of thiophene rings is 1. The van der Waals surface area contributed by atoms with Crippen LogP contribution in [0.3, 0.4) is 0 Å². The Morgan fingerprint density at radius 2 is 1.88 bits per heavy atom. The van der Waals surface area contributed by atoms with Crippen molar-refractivity contribution in [2.45, 2.75) is 20.4 Å². The van der Waals surface area contributed by atoms with Crippen LogP contribution in [0.4, 0.5) is 5.69 Å². The molecule has 1 N–H and O–H groups in total. The van der Waals surface area contributed by atoms with Crippen molar-refractivity contribution in [2.24, 2.45) is 0 Å². The number of benzene rings is 1. The summed E-state index contributed by atoms with van der Waals surface area (Å²) < 4.78 is 12.7. The number of carbonyl (C=O) groups excluding carboxylic acids is 1. The first-order valence-corrected chi connectivity index (χ1v) is 9.14. The molecule has 3 aromatic rings. The molecule has 0 bridgehead atoms. The highest BCUT2D eigenvalue weighted by Gasteiger charge is 2.17. The van der Waals surface area contributed by atoms with Gasteiger partial charge in [-0.15, -0.1) is 11.3 Å². The summed E-state index contributed by atoms with van der Waals surface area (Å²) in [5.41, 5.74) is 3.35. The molecule has 0 saturated heterocycles. The summed E-state index contributed by atoms with van der Waals surface area (Å²) in [6.07, 6.45) is 0. The van der Waals surface area contributed by atoms with Crippen LogP contribution in [0.15, 0.2) is 41.8 Å².